The summed E-state index contributed by atoms with van der Waals surface area (Å²) >= 11 is 1.65. The van der Waals surface area contributed by atoms with Crippen molar-refractivity contribution >= 4 is 11.9 Å². The molecule has 1 saturated heterocycles. The fourth-order valence-corrected chi connectivity index (χ4v) is 4.10. The number of nitriles is 1. The highest BCUT2D eigenvalue weighted by atomic mass is 32.2. The molecule has 3 rings (SSSR count). The average Bonchev–Trinajstić information content (AvgIpc) is 3.09. The van der Waals surface area contributed by atoms with E-state index in [-0.39, 0.29) is 6.10 Å². The van der Waals surface area contributed by atoms with Gasteiger partial charge in [0, 0.05) is 30.6 Å². The van der Waals surface area contributed by atoms with Gasteiger partial charge in [-0.25, -0.2) is 0 Å². The zero-order chi connectivity index (χ0) is 19.2. The number of rotatable bonds is 7. The van der Waals surface area contributed by atoms with Crippen LogP contribution in [0.4, 0.5) is 0 Å². The van der Waals surface area contributed by atoms with Gasteiger partial charge in [-0.1, -0.05) is 18.2 Å². The molecule has 1 unspecified atom stereocenters. The molecule has 0 saturated carbocycles. The lowest BCUT2D eigenvalue weighted by Gasteiger charge is -2.17. The molecule has 0 spiro atoms. The van der Waals surface area contributed by atoms with Crippen molar-refractivity contribution in [2.75, 3.05) is 13.1 Å². The van der Waals surface area contributed by atoms with Gasteiger partial charge in [-0.05, 0) is 74.5 Å². The standard InChI is InChI=1S/C22H27N3OS/c1-16(2)26-21-8-6-18(7-9-21)14-25-11-10-20(15-25)24-27-22-12-19(13-23)5-4-17(22)3/h4-9,12,16,20,24H,10-11,14-15H2,1-3H3. The van der Waals surface area contributed by atoms with E-state index in [1.54, 1.807) is 11.9 Å². The quantitative estimate of drug-likeness (QED) is 0.714. The molecule has 5 heteroatoms. The van der Waals surface area contributed by atoms with Crippen LogP contribution < -0.4 is 9.46 Å². The number of likely N-dealkylation sites (tertiary alicyclic amines) is 1. The van der Waals surface area contributed by atoms with Crippen LogP contribution in [0, 0.1) is 18.3 Å². The second-order valence-electron chi connectivity index (χ2n) is 7.34. The van der Waals surface area contributed by atoms with Crippen LogP contribution in [0.5, 0.6) is 5.75 Å². The van der Waals surface area contributed by atoms with E-state index in [0.29, 0.717) is 11.6 Å². The van der Waals surface area contributed by atoms with E-state index in [0.717, 1.165) is 36.7 Å². The zero-order valence-corrected chi connectivity index (χ0v) is 17.1. The van der Waals surface area contributed by atoms with E-state index in [4.69, 9.17) is 10.00 Å². The molecule has 142 valence electrons. The molecule has 2 aromatic carbocycles. The maximum absolute atomic E-state index is 9.07. The second kappa shape index (κ2) is 9.27. The topological polar surface area (TPSA) is 48.3 Å². The van der Waals surface area contributed by atoms with Gasteiger partial charge in [-0.2, -0.15) is 5.26 Å². The summed E-state index contributed by atoms with van der Waals surface area (Å²) in [6.45, 7) is 9.27. The van der Waals surface area contributed by atoms with Crippen LogP contribution in [-0.4, -0.2) is 30.1 Å². The highest BCUT2D eigenvalue weighted by Gasteiger charge is 2.22. The molecule has 1 fully saturated rings. The molecule has 4 nitrogen and oxygen atoms in total. The lowest BCUT2D eigenvalue weighted by molar-refractivity contribution is 0.242. The minimum atomic E-state index is 0.205. The van der Waals surface area contributed by atoms with Crippen LogP contribution in [0.25, 0.3) is 0 Å². The Morgan fingerprint density at radius 1 is 1.26 bits per heavy atom. The Labute approximate surface area is 166 Å². The van der Waals surface area contributed by atoms with Crippen molar-refractivity contribution in [2.24, 2.45) is 0 Å². The van der Waals surface area contributed by atoms with Gasteiger partial charge in [-0.15, -0.1) is 0 Å². The number of benzene rings is 2. The van der Waals surface area contributed by atoms with E-state index >= 15 is 0 Å². The summed E-state index contributed by atoms with van der Waals surface area (Å²) in [6.07, 6.45) is 1.34. The predicted octanol–water partition coefficient (Wildman–Crippen LogP) is 4.53. The third kappa shape index (κ3) is 5.74. The Morgan fingerprint density at radius 2 is 2.04 bits per heavy atom. The number of hydrogen-bond donors (Lipinski definition) is 1. The third-order valence-corrected chi connectivity index (χ3v) is 5.74. The SMILES string of the molecule is Cc1ccc(C#N)cc1SNC1CCN(Cc2ccc(OC(C)C)cc2)C1. The van der Waals surface area contributed by atoms with Crippen LogP contribution in [-0.2, 0) is 6.54 Å². The number of nitrogens with zero attached hydrogens (tertiary/aromatic N) is 2. The molecule has 0 bridgehead atoms. The number of ether oxygens (including phenoxy) is 1. The Bertz CT molecular complexity index is 798. The molecule has 2 aromatic rings. The number of hydrogen-bond acceptors (Lipinski definition) is 5. The van der Waals surface area contributed by atoms with E-state index in [1.165, 1.54) is 11.1 Å². The maximum atomic E-state index is 9.07. The van der Waals surface area contributed by atoms with Crippen LogP contribution in [0.2, 0.25) is 0 Å². The zero-order valence-electron chi connectivity index (χ0n) is 16.2. The van der Waals surface area contributed by atoms with Gasteiger partial charge in [-0.3, -0.25) is 9.62 Å². The van der Waals surface area contributed by atoms with Gasteiger partial charge in [0.25, 0.3) is 0 Å². The molecule has 1 aliphatic heterocycles. The third-order valence-electron chi connectivity index (χ3n) is 4.63. The molecule has 0 radical (unpaired) electrons. The Morgan fingerprint density at radius 3 is 2.74 bits per heavy atom. The minimum absolute atomic E-state index is 0.205. The predicted molar refractivity (Wildman–Crippen MR) is 111 cm³/mol. The van der Waals surface area contributed by atoms with E-state index in [2.05, 4.69) is 46.9 Å². The first kappa shape index (κ1) is 19.8. The van der Waals surface area contributed by atoms with Crippen LogP contribution in [0.3, 0.4) is 0 Å². The molecule has 0 aliphatic carbocycles. The van der Waals surface area contributed by atoms with Crippen molar-refractivity contribution < 1.29 is 4.74 Å². The van der Waals surface area contributed by atoms with Crippen LogP contribution >= 0.6 is 11.9 Å². The van der Waals surface area contributed by atoms with Gasteiger partial charge in [0.1, 0.15) is 5.75 Å². The van der Waals surface area contributed by atoms with Crippen molar-refractivity contribution in [2.45, 2.75) is 50.8 Å². The summed E-state index contributed by atoms with van der Waals surface area (Å²) in [5, 5.41) is 9.07. The normalized spacial score (nSPS) is 17.2. The summed E-state index contributed by atoms with van der Waals surface area (Å²) in [7, 11) is 0. The molecule has 0 aromatic heterocycles. The van der Waals surface area contributed by atoms with E-state index in [9.17, 15) is 0 Å². The molecular formula is C22H27N3OS. The number of aryl methyl sites for hydroxylation is 1. The molecule has 1 heterocycles. The first-order valence-corrected chi connectivity index (χ1v) is 10.3. The molecule has 1 N–H and O–H groups in total. The largest absolute Gasteiger partial charge is 0.491 e. The van der Waals surface area contributed by atoms with Gasteiger partial charge in [0.15, 0.2) is 0 Å². The second-order valence-corrected chi connectivity index (χ2v) is 8.22. The van der Waals surface area contributed by atoms with Crippen molar-refractivity contribution in [3.05, 3.63) is 59.2 Å². The average molecular weight is 382 g/mol. The van der Waals surface area contributed by atoms with Gasteiger partial charge >= 0.3 is 0 Å². The van der Waals surface area contributed by atoms with Gasteiger partial charge in [0.05, 0.1) is 17.7 Å². The fourth-order valence-electron chi connectivity index (χ4n) is 3.20. The van der Waals surface area contributed by atoms with Crippen molar-refractivity contribution in [1.29, 1.82) is 5.26 Å². The highest BCUT2D eigenvalue weighted by molar-refractivity contribution is 7.97. The Kier molecular flexibility index (Phi) is 6.78. The molecule has 1 aliphatic rings. The van der Waals surface area contributed by atoms with Crippen molar-refractivity contribution in [1.82, 2.24) is 9.62 Å². The lowest BCUT2D eigenvalue weighted by Crippen LogP contribution is -2.28. The van der Waals surface area contributed by atoms with Gasteiger partial charge < -0.3 is 4.74 Å². The van der Waals surface area contributed by atoms with Gasteiger partial charge in [0.2, 0.25) is 0 Å². The summed E-state index contributed by atoms with van der Waals surface area (Å²) < 4.78 is 9.29. The number of nitrogens with one attached hydrogen (secondary N) is 1. The van der Waals surface area contributed by atoms with E-state index in [1.807, 2.05) is 32.0 Å². The molecule has 27 heavy (non-hydrogen) atoms. The summed E-state index contributed by atoms with van der Waals surface area (Å²) in [5.74, 6) is 0.932. The van der Waals surface area contributed by atoms with Crippen molar-refractivity contribution in [3.63, 3.8) is 0 Å². The van der Waals surface area contributed by atoms with Crippen LogP contribution in [0.15, 0.2) is 47.4 Å². The van der Waals surface area contributed by atoms with Crippen LogP contribution in [0.1, 0.15) is 37.0 Å². The van der Waals surface area contributed by atoms with Crippen molar-refractivity contribution in [3.8, 4) is 11.8 Å². The summed E-state index contributed by atoms with van der Waals surface area (Å²) in [5.41, 5.74) is 3.23. The minimum Gasteiger partial charge on any atom is -0.491 e. The first-order valence-electron chi connectivity index (χ1n) is 9.44. The first-order chi connectivity index (χ1) is 13.0. The maximum Gasteiger partial charge on any atom is 0.119 e. The fraction of sp³-hybridized carbons (Fsp3) is 0.409. The monoisotopic (exact) mass is 381 g/mol. The summed E-state index contributed by atoms with van der Waals surface area (Å²) in [6, 6.07) is 16.9. The molecule has 1 atom stereocenters. The molecular weight excluding hydrogens is 354 g/mol. The molecule has 0 amide bonds. The lowest BCUT2D eigenvalue weighted by atomic mass is 10.2. The summed E-state index contributed by atoms with van der Waals surface area (Å²) in [4.78, 5) is 3.61. The van der Waals surface area contributed by atoms with E-state index < -0.39 is 0 Å². The Balaban J connectivity index is 1.48. The highest BCUT2D eigenvalue weighted by Crippen LogP contribution is 2.24. The Hall–Kier alpha value is -2.00. The smallest absolute Gasteiger partial charge is 0.119 e.